The summed E-state index contributed by atoms with van der Waals surface area (Å²) in [6.45, 7) is 7.20. The smallest absolute Gasteiger partial charge is 0.244 e. The molecule has 1 aromatic heterocycles. The molecule has 0 radical (unpaired) electrons. The predicted octanol–water partition coefficient (Wildman–Crippen LogP) is 1.10. The molecule has 0 saturated carbocycles. The lowest BCUT2D eigenvalue weighted by Gasteiger charge is -2.22. The molecule has 6 nitrogen and oxygen atoms in total. The van der Waals surface area contributed by atoms with Crippen molar-refractivity contribution in [1.29, 1.82) is 0 Å². The summed E-state index contributed by atoms with van der Waals surface area (Å²) >= 11 is 0. The third-order valence-electron chi connectivity index (χ3n) is 3.44. The number of amides is 1. The topological polar surface area (TPSA) is 84.1 Å². The molecule has 6 heteroatoms. The van der Waals surface area contributed by atoms with Crippen molar-refractivity contribution in [1.82, 2.24) is 14.9 Å². The number of anilines is 2. The quantitative estimate of drug-likeness (QED) is 0.853. The van der Waals surface area contributed by atoms with Crippen LogP contribution >= 0.6 is 0 Å². The highest BCUT2D eigenvalue weighted by atomic mass is 16.2. The Balaban J connectivity index is 2.10. The van der Waals surface area contributed by atoms with Crippen molar-refractivity contribution in [3.8, 4) is 0 Å². The molecule has 1 aromatic rings. The Hall–Kier alpha value is -1.85. The summed E-state index contributed by atoms with van der Waals surface area (Å²) in [6, 6.07) is -0.300. The van der Waals surface area contributed by atoms with Crippen LogP contribution in [0.5, 0.6) is 0 Å². The van der Waals surface area contributed by atoms with Crippen LogP contribution < -0.4 is 11.1 Å². The number of nitrogens with one attached hydrogen (secondary N) is 1. The lowest BCUT2D eigenvalue weighted by Crippen LogP contribution is -2.40. The van der Waals surface area contributed by atoms with Gasteiger partial charge >= 0.3 is 0 Å². The fourth-order valence-electron chi connectivity index (χ4n) is 2.27. The van der Waals surface area contributed by atoms with Crippen LogP contribution in [0.2, 0.25) is 0 Å². The Morgan fingerprint density at radius 2 is 1.95 bits per heavy atom. The first-order valence-corrected chi connectivity index (χ1v) is 6.65. The van der Waals surface area contributed by atoms with Gasteiger partial charge in [-0.05, 0) is 33.6 Å². The van der Waals surface area contributed by atoms with Gasteiger partial charge in [0.2, 0.25) is 5.91 Å². The van der Waals surface area contributed by atoms with E-state index in [2.05, 4.69) is 15.3 Å². The molecule has 1 unspecified atom stereocenters. The molecule has 1 amide bonds. The average molecular weight is 263 g/mol. The van der Waals surface area contributed by atoms with E-state index in [0.717, 1.165) is 31.5 Å². The van der Waals surface area contributed by atoms with Gasteiger partial charge in [0, 0.05) is 18.7 Å². The number of rotatable bonds is 3. The number of aryl methyl sites for hydroxylation is 1. The van der Waals surface area contributed by atoms with Crippen LogP contribution in [0.25, 0.3) is 0 Å². The molecule has 1 fully saturated rings. The molecule has 0 bridgehead atoms. The van der Waals surface area contributed by atoms with E-state index in [9.17, 15) is 4.79 Å². The normalized spacial score (nSPS) is 16.5. The lowest BCUT2D eigenvalue weighted by atomic mass is 10.2. The Morgan fingerprint density at radius 3 is 2.58 bits per heavy atom. The number of likely N-dealkylation sites (tertiary alicyclic amines) is 1. The van der Waals surface area contributed by atoms with E-state index in [4.69, 9.17) is 5.73 Å². The fourth-order valence-corrected chi connectivity index (χ4v) is 2.27. The summed E-state index contributed by atoms with van der Waals surface area (Å²) in [7, 11) is 0. The highest BCUT2D eigenvalue weighted by Gasteiger charge is 2.24. The maximum Gasteiger partial charge on any atom is 0.244 e. The third kappa shape index (κ3) is 2.94. The summed E-state index contributed by atoms with van der Waals surface area (Å²) in [4.78, 5) is 22.5. The van der Waals surface area contributed by atoms with Crippen LogP contribution in [0.4, 0.5) is 11.6 Å². The number of nitrogens with zero attached hydrogens (tertiary/aromatic N) is 3. The van der Waals surface area contributed by atoms with Crippen LogP contribution in [0.3, 0.4) is 0 Å². The molecule has 1 atom stereocenters. The Morgan fingerprint density at radius 1 is 1.32 bits per heavy atom. The Labute approximate surface area is 113 Å². The number of aromatic nitrogens is 2. The molecule has 0 spiro atoms. The summed E-state index contributed by atoms with van der Waals surface area (Å²) in [5.41, 5.74) is 6.59. The lowest BCUT2D eigenvalue weighted by molar-refractivity contribution is -0.130. The molecule has 104 valence electrons. The van der Waals surface area contributed by atoms with E-state index >= 15 is 0 Å². The zero-order valence-electron chi connectivity index (χ0n) is 11.7. The first kappa shape index (κ1) is 13.6. The molecule has 2 rings (SSSR count). The summed E-state index contributed by atoms with van der Waals surface area (Å²) in [5, 5.41) is 3.15. The highest BCUT2D eigenvalue weighted by molar-refractivity contribution is 5.84. The first-order valence-electron chi connectivity index (χ1n) is 6.65. The van der Waals surface area contributed by atoms with Gasteiger partial charge in [0.15, 0.2) is 0 Å². The van der Waals surface area contributed by atoms with Gasteiger partial charge in [-0.3, -0.25) is 4.79 Å². The van der Waals surface area contributed by atoms with Gasteiger partial charge in [0.25, 0.3) is 0 Å². The first-order chi connectivity index (χ1) is 8.99. The number of nitrogens with two attached hydrogens (primary N) is 1. The zero-order chi connectivity index (χ0) is 14.0. The molecular formula is C13H21N5O. The Bertz CT molecular complexity index is 482. The van der Waals surface area contributed by atoms with Gasteiger partial charge in [0.1, 0.15) is 23.5 Å². The van der Waals surface area contributed by atoms with E-state index in [1.807, 2.05) is 18.7 Å². The zero-order valence-corrected chi connectivity index (χ0v) is 11.7. The number of nitrogen functional groups attached to an aromatic ring is 1. The standard InChI is InChI=1S/C13H21N5O/c1-8-11(14)16-10(3)17-12(8)15-9(2)13(19)18-6-4-5-7-18/h9H,4-7H2,1-3H3,(H3,14,15,16,17). The predicted molar refractivity (Wildman–Crippen MR) is 74.8 cm³/mol. The van der Waals surface area contributed by atoms with E-state index in [1.165, 1.54) is 0 Å². The molecular weight excluding hydrogens is 242 g/mol. The van der Waals surface area contributed by atoms with E-state index < -0.39 is 0 Å². The van der Waals surface area contributed by atoms with Gasteiger partial charge in [-0.25, -0.2) is 9.97 Å². The SMILES string of the molecule is Cc1nc(N)c(C)c(NC(C)C(=O)N2CCCC2)n1. The van der Waals surface area contributed by atoms with Gasteiger partial charge in [-0.1, -0.05) is 0 Å². The molecule has 0 aliphatic carbocycles. The maximum absolute atomic E-state index is 12.2. The second-order valence-electron chi connectivity index (χ2n) is 5.03. The van der Waals surface area contributed by atoms with Crippen molar-refractivity contribution >= 4 is 17.5 Å². The van der Waals surface area contributed by atoms with Gasteiger partial charge in [-0.15, -0.1) is 0 Å². The van der Waals surface area contributed by atoms with E-state index in [-0.39, 0.29) is 11.9 Å². The third-order valence-corrected chi connectivity index (χ3v) is 3.44. The average Bonchev–Trinajstić information content (AvgIpc) is 2.88. The molecule has 0 aromatic carbocycles. The second-order valence-corrected chi connectivity index (χ2v) is 5.03. The minimum Gasteiger partial charge on any atom is -0.383 e. The Kier molecular flexibility index (Phi) is 3.87. The van der Waals surface area contributed by atoms with Crippen molar-refractivity contribution in [2.45, 2.75) is 39.7 Å². The van der Waals surface area contributed by atoms with Crippen LogP contribution in [-0.4, -0.2) is 39.9 Å². The highest BCUT2D eigenvalue weighted by Crippen LogP contribution is 2.18. The largest absolute Gasteiger partial charge is 0.383 e. The van der Waals surface area contributed by atoms with Crippen molar-refractivity contribution < 1.29 is 4.79 Å². The summed E-state index contributed by atoms with van der Waals surface area (Å²) in [5.74, 6) is 1.82. The van der Waals surface area contributed by atoms with Gasteiger partial charge in [0.05, 0.1) is 0 Å². The minimum absolute atomic E-state index is 0.117. The second kappa shape index (κ2) is 5.42. The van der Waals surface area contributed by atoms with Crippen LogP contribution in [0.1, 0.15) is 31.2 Å². The van der Waals surface area contributed by atoms with Crippen LogP contribution in [0, 0.1) is 13.8 Å². The van der Waals surface area contributed by atoms with E-state index in [1.54, 1.807) is 6.92 Å². The van der Waals surface area contributed by atoms with Crippen molar-refractivity contribution in [3.05, 3.63) is 11.4 Å². The van der Waals surface area contributed by atoms with Gasteiger partial charge in [-0.2, -0.15) is 0 Å². The summed E-state index contributed by atoms with van der Waals surface area (Å²) in [6.07, 6.45) is 2.19. The number of carbonyl (C=O) groups excluding carboxylic acids is 1. The maximum atomic E-state index is 12.2. The molecule has 2 heterocycles. The van der Waals surface area contributed by atoms with Crippen LogP contribution in [0.15, 0.2) is 0 Å². The summed E-state index contributed by atoms with van der Waals surface area (Å²) < 4.78 is 0. The molecule has 19 heavy (non-hydrogen) atoms. The number of hydrogen-bond acceptors (Lipinski definition) is 5. The monoisotopic (exact) mass is 263 g/mol. The fraction of sp³-hybridized carbons (Fsp3) is 0.615. The number of carbonyl (C=O) groups is 1. The van der Waals surface area contributed by atoms with Crippen LogP contribution in [-0.2, 0) is 4.79 Å². The molecule has 1 saturated heterocycles. The van der Waals surface area contributed by atoms with Gasteiger partial charge < -0.3 is 16.0 Å². The van der Waals surface area contributed by atoms with Crippen molar-refractivity contribution in [2.75, 3.05) is 24.1 Å². The minimum atomic E-state index is -0.300. The van der Waals surface area contributed by atoms with Crippen molar-refractivity contribution in [3.63, 3.8) is 0 Å². The number of hydrogen-bond donors (Lipinski definition) is 2. The molecule has 1 aliphatic rings. The molecule has 1 aliphatic heterocycles. The van der Waals surface area contributed by atoms with Crippen molar-refractivity contribution in [2.24, 2.45) is 0 Å². The molecule has 3 N–H and O–H groups in total. The van der Waals surface area contributed by atoms with E-state index in [0.29, 0.717) is 17.5 Å².